The van der Waals surface area contributed by atoms with E-state index in [1.54, 1.807) is 48.5 Å². The molecule has 0 atom stereocenters. The molecule has 124 valence electrons. The molecule has 7 heteroatoms. The van der Waals surface area contributed by atoms with E-state index in [4.69, 9.17) is 16.3 Å². The first kappa shape index (κ1) is 17.5. The van der Waals surface area contributed by atoms with Crippen LogP contribution >= 0.6 is 11.6 Å². The molecule has 0 saturated heterocycles. The molecule has 2 aromatic rings. The first-order valence-electron chi connectivity index (χ1n) is 7.22. The molecule has 0 heterocycles. The van der Waals surface area contributed by atoms with Gasteiger partial charge in [0.05, 0.1) is 23.5 Å². The molecule has 0 aliphatic carbocycles. The van der Waals surface area contributed by atoms with Crippen molar-refractivity contribution in [2.24, 2.45) is 5.10 Å². The minimum atomic E-state index is -0.892. The van der Waals surface area contributed by atoms with Gasteiger partial charge in [0, 0.05) is 0 Å². The van der Waals surface area contributed by atoms with Crippen molar-refractivity contribution in [3.05, 3.63) is 59.1 Å². The molecule has 2 amide bonds. The summed E-state index contributed by atoms with van der Waals surface area (Å²) in [5, 5.41) is 6.49. The molecule has 24 heavy (non-hydrogen) atoms. The summed E-state index contributed by atoms with van der Waals surface area (Å²) in [6.07, 6.45) is 1.43. The smallest absolute Gasteiger partial charge is 0.329 e. The van der Waals surface area contributed by atoms with Crippen molar-refractivity contribution in [1.82, 2.24) is 5.43 Å². The van der Waals surface area contributed by atoms with Crippen molar-refractivity contribution in [1.29, 1.82) is 0 Å². The summed E-state index contributed by atoms with van der Waals surface area (Å²) in [7, 11) is 0. The summed E-state index contributed by atoms with van der Waals surface area (Å²) in [5.41, 5.74) is 3.27. The molecule has 0 unspecified atom stereocenters. The molecule has 0 spiro atoms. The summed E-state index contributed by atoms with van der Waals surface area (Å²) in [4.78, 5) is 23.4. The van der Waals surface area contributed by atoms with Crippen LogP contribution in [0.5, 0.6) is 5.75 Å². The van der Waals surface area contributed by atoms with Gasteiger partial charge in [0.15, 0.2) is 0 Å². The summed E-state index contributed by atoms with van der Waals surface area (Å²) in [5.74, 6) is -0.998. The van der Waals surface area contributed by atoms with Gasteiger partial charge < -0.3 is 10.1 Å². The first-order chi connectivity index (χ1) is 11.6. The van der Waals surface area contributed by atoms with Crippen LogP contribution in [0.3, 0.4) is 0 Å². The molecule has 0 saturated carbocycles. The number of nitrogens with zero attached hydrogens (tertiary/aromatic N) is 1. The minimum Gasteiger partial charge on any atom is -0.494 e. The Kier molecular flexibility index (Phi) is 6.33. The number of rotatable bonds is 5. The molecule has 6 nitrogen and oxygen atoms in total. The highest BCUT2D eigenvalue weighted by atomic mass is 35.5. The van der Waals surface area contributed by atoms with E-state index in [0.717, 1.165) is 11.3 Å². The van der Waals surface area contributed by atoms with Crippen LogP contribution in [-0.2, 0) is 9.59 Å². The topological polar surface area (TPSA) is 79.8 Å². The number of hydrazone groups is 1. The van der Waals surface area contributed by atoms with Gasteiger partial charge in [-0.05, 0) is 48.9 Å². The second kappa shape index (κ2) is 8.69. The number of para-hydroxylation sites is 1. The zero-order chi connectivity index (χ0) is 17.4. The summed E-state index contributed by atoms with van der Waals surface area (Å²) in [6, 6.07) is 13.8. The Hall–Kier alpha value is -2.86. The zero-order valence-corrected chi connectivity index (χ0v) is 13.7. The number of ether oxygens (including phenoxy) is 1. The van der Waals surface area contributed by atoms with E-state index in [1.807, 2.05) is 6.92 Å². The number of anilines is 1. The Bertz CT molecular complexity index is 745. The van der Waals surface area contributed by atoms with Crippen LogP contribution in [0.4, 0.5) is 5.69 Å². The summed E-state index contributed by atoms with van der Waals surface area (Å²) in [6.45, 7) is 2.49. The van der Waals surface area contributed by atoms with Gasteiger partial charge in [-0.25, -0.2) is 5.43 Å². The van der Waals surface area contributed by atoms with Crippen molar-refractivity contribution < 1.29 is 14.3 Å². The Balaban J connectivity index is 1.87. The number of carbonyl (C=O) groups excluding carboxylic acids is 2. The van der Waals surface area contributed by atoms with Gasteiger partial charge in [0.1, 0.15) is 5.75 Å². The van der Waals surface area contributed by atoms with Crippen molar-refractivity contribution in [3.8, 4) is 5.75 Å². The lowest BCUT2D eigenvalue weighted by Crippen LogP contribution is -2.32. The number of halogens is 1. The van der Waals surface area contributed by atoms with Crippen LogP contribution in [0, 0.1) is 0 Å². The van der Waals surface area contributed by atoms with Crippen LogP contribution in [0.25, 0.3) is 0 Å². The molecular weight excluding hydrogens is 330 g/mol. The number of hydrogen-bond donors (Lipinski definition) is 2. The molecule has 2 aromatic carbocycles. The highest BCUT2D eigenvalue weighted by Crippen LogP contribution is 2.20. The van der Waals surface area contributed by atoms with Crippen molar-refractivity contribution >= 4 is 35.3 Å². The van der Waals surface area contributed by atoms with E-state index in [0.29, 0.717) is 17.3 Å². The van der Waals surface area contributed by atoms with Crippen LogP contribution in [0.2, 0.25) is 5.02 Å². The molecule has 2 N–H and O–H groups in total. The Morgan fingerprint density at radius 2 is 1.83 bits per heavy atom. The van der Waals surface area contributed by atoms with Gasteiger partial charge in [-0.1, -0.05) is 23.7 Å². The molecule has 0 bridgehead atoms. The molecule has 2 rings (SSSR count). The first-order valence-corrected chi connectivity index (χ1v) is 7.59. The van der Waals surface area contributed by atoms with E-state index in [9.17, 15) is 9.59 Å². The van der Waals surface area contributed by atoms with Gasteiger partial charge in [0.2, 0.25) is 0 Å². The maximum Gasteiger partial charge on any atom is 0.329 e. The summed E-state index contributed by atoms with van der Waals surface area (Å²) < 4.78 is 5.32. The molecular formula is C17H16ClN3O3. The van der Waals surface area contributed by atoms with Crippen LogP contribution < -0.4 is 15.5 Å². The maximum absolute atomic E-state index is 11.8. The van der Waals surface area contributed by atoms with Gasteiger partial charge in [-0.15, -0.1) is 0 Å². The number of carbonyl (C=O) groups is 2. The monoisotopic (exact) mass is 345 g/mol. The largest absolute Gasteiger partial charge is 0.494 e. The lowest BCUT2D eigenvalue weighted by molar-refractivity contribution is -0.136. The van der Waals surface area contributed by atoms with Gasteiger partial charge in [-0.3, -0.25) is 9.59 Å². The van der Waals surface area contributed by atoms with E-state index < -0.39 is 11.8 Å². The minimum absolute atomic E-state index is 0.344. The quantitative estimate of drug-likeness (QED) is 0.497. The zero-order valence-electron chi connectivity index (χ0n) is 13.0. The Morgan fingerprint density at radius 3 is 2.50 bits per heavy atom. The van der Waals surface area contributed by atoms with Crippen molar-refractivity contribution in [2.45, 2.75) is 6.92 Å². The normalized spacial score (nSPS) is 10.4. The summed E-state index contributed by atoms with van der Waals surface area (Å²) >= 11 is 5.91. The average Bonchev–Trinajstić information content (AvgIpc) is 2.58. The Labute approximate surface area is 144 Å². The fourth-order valence-corrected chi connectivity index (χ4v) is 1.96. The van der Waals surface area contributed by atoms with Gasteiger partial charge >= 0.3 is 11.8 Å². The fraction of sp³-hybridized carbons (Fsp3) is 0.118. The highest BCUT2D eigenvalue weighted by Gasteiger charge is 2.13. The third-order valence-electron chi connectivity index (χ3n) is 2.90. The fourth-order valence-electron chi connectivity index (χ4n) is 1.77. The second-order valence-corrected chi connectivity index (χ2v) is 5.04. The predicted molar refractivity (Wildman–Crippen MR) is 93.4 cm³/mol. The Morgan fingerprint density at radius 1 is 1.12 bits per heavy atom. The standard InChI is InChI=1S/C17H16ClN3O3/c1-2-24-13-9-7-12(8-10-13)11-19-21-17(23)16(22)20-15-6-4-3-5-14(15)18/h3-11H,2H2,1H3,(H,20,22)(H,21,23). The SMILES string of the molecule is CCOc1ccc(C=NNC(=O)C(=O)Nc2ccccc2Cl)cc1. The predicted octanol–water partition coefficient (Wildman–Crippen LogP) is 2.83. The van der Waals surface area contributed by atoms with Crippen LogP contribution in [-0.4, -0.2) is 24.6 Å². The number of benzene rings is 2. The number of hydrogen-bond acceptors (Lipinski definition) is 4. The van der Waals surface area contributed by atoms with E-state index in [2.05, 4.69) is 15.8 Å². The van der Waals surface area contributed by atoms with Crippen molar-refractivity contribution in [3.63, 3.8) is 0 Å². The van der Waals surface area contributed by atoms with Gasteiger partial charge in [-0.2, -0.15) is 5.10 Å². The molecule has 0 aromatic heterocycles. The third-order valence-corrected chi connectivity index (χ3v) is 3.23. The third kappa shape index (κ3) is 5.10. The van der Waals surface area contributed by atoms with Crippen LogP contribution in [0.1, 0.15) is 12.5 Å². The van der Waals surface area contributed by atoms with E-state index in [-0.39, 0.29) is 0 Å². The van der Waals surface area contributed by atoms with Gasteiger partial charge in [0.25, 0.3) is 0 Å². The van der Waals surface area contributed by atoms with Crippen molar-refractivity contribution in [2.75, 3.05) is 11.9 Å². The molecule has 0 fully saturated rings. The lowest BCUT2D eigenvalue weighted by atomic mass is 10.2. The lowest BCUT2D eigenvalue weighted by Gasteiger charge is -2.05. The average molecular weight is 346 g/mol. The number of amides is 2. The molecule has 0 radical (unpaired) electrons. The van der Waals surface area contributed by atoms with E-state index in [1.165, 1.54) is 6.21 Å². The highest BCUT2D eigenvalue weighted by molar-refractivity contribution is 6.41. The van der Waals surface area contributed by atoms with E-state index >= 15 is 0 Å². The second-order valence-electron chi connectivity index (χ2n) is 4.64. The molecule has 0 aliphatic heterocycles. The molecule has 0 aliphatic rings. The maximum atomic E-state index is 11.8. The van der Waals surface area contributed by atoms with Crippen LogP contribution in [0.15, 0.2) is 53.6 Å². The number of nitrogens with one attached hydrogen (secondary N) is 2.